The first-order valence-electron chi connectivity index (χ1n) is 5.11. The number of hydrogen-bond acceptors (Lipinski definition) is 2. The van der Waals surface area contributed by atoms with Gasteiger partial charge < -0.3 is 10.2 Å². The van der Waals surface area contributed by atoms with E-state index in [1.54, 1.807) is 19.1 Å². The Balaban J connectivity index is 3.08. The maximum atomic E-state index is 9.74. The minimum Gasteiger partial charge on any atom is -0.508 e. The maximum Gasteiger partial charge on any atom is 0.119 e. The lowest BCUT2D eigenvalue weighted by atomic mass is 9.98. The Hall–Kier alpha value is -0.730. The molecular formula is C12H17ClO2. The molecule has 0 aliphatic carbocycles. The van der Waals surface area contributed by atoms with Gasteiger partial charge in [-0.15, -0.1) is 0 Å². The summed E-state index contributed by atoms with van der Waals surface area (Å²) in [5.41, 5.74) is 1.63. The van der Waals surface area contributed by atoms with E-state index in [0.29, 0.717) is 17.0 Å². The Morgan fingerprint density at radius 1 is 1.27 bits per heavy atom. The Bertz CT molecular complexity index is 346. The van der Waals surface area contributed by atoms with Crippen molar-refractivity contribution in [2.45, 2.75) is 39.2 Å². The molecule has 84 valence electrons. The third kappa shape index (κ3) is 3.11. The normalized spacial score (nSPS) is 13.2. The Kier molecular flexibility index (Phi) is 4.00. The van der Waals surface area contributed by atoms with Gasteiger partial charge in [0.25, 0.3) is 0 Å². The van der Waals surface area contributed by atoms with Crippen LogP contribution in [0.4, 0.5) is 0 Å². The number of phenols is 1. The van der Waals surface area contributed by atoms with Crippen LogP contribution >= 0.6 is 11.6 Å². The van der Waals surface area contributed by atoms with E-state index in [9.17, 15) is 10.2 Å². The van der Waals surface area contributed by atoms with Crippen LogP contribution in [-0.4, -0.2) is 16.3 Å². The smallest absolute Gasteiger partial charge is 0.119 e. The van der Waals surface area contributed by atoms with Crippen molar-refractivity contribution in [1.82, 2.24) is 0 Å². The topological polar surface area (TPSA) is 40.5 Å². The number of hydrogen-bond donors (Lipinski definition) is 2. The molecule has 0 spiro atoms. The first kappa shape index (κ1) is 12.3. The number of benzene rings is 1. The van der Waals surface area contributed by atoms with E-state index >= 15 is 0 Å². The van der Waals surface area contributed by atoms with Crippen LogP contribution in [0, 0.1) is 0 Å². The van der Waals surface area contributed by atoms with Gasteiger partial charge in [0.1, 0.15) is 5.75 Å². The van der Waals surface area contributed by atoms with Gasteiger partial charge in [0.15, 0.2) is 0 Å². The molecule has 2 nitrogen and oxygen atoms in total. The third-order valence-corrected chi connectivity index (χ3v) is 2.66. The molecular weight excluding hydrogens is 212 g/mol. The predicted molar refractivity (Wildman–Crippen MR) is 62.6 cm³/mol. The van der Waals surface area contributed by atoms with Crippen molar-refractivity contribution in [1.29, 1.82) is 0 Å². The molecule has 1 aromatic rings. The van der Waals surface area contributed by atoms with Gasteiger partial charge in [-0.2, -0.15) is 0 Å². The Morgan fingerprint density at radius 2 is 1.87 bits per heavy atom. The molecule has 0 aliphatic rings. The second kappa shape index (κ2) is 4.86. The van der Waals surface area contributed by atoms with Crippen LogP contribution in [0.1, 0.15) is 37.8 Å². The molecule has 1 aromatic carbocycles. The average Bonchev–Trinajstić information content (AvgIpc) is 2.09. The van der Waals surface area contributed by atoms with Crippen molar-refractivity contribution in [2.24, 2.45) is 0 Å². The van der Waals surface area contributed by atoms with E-state index < -0.39 is 6.10 Å². The molecule has 1 unspecified atom stereocenters. The molecule has 2 N–H and O–H groups in total. The summed E-state index contributed by atoms with van der Waals surface area (Å²) in [6.07, 6.45) is -0.0546. The molecule has 0 saturated heterocycles. The van der Waals surface area contributed by atoms with Crippen LogP contribution in [0.25, 0.3) is 0 Å². The molecule has 0 aromatic heterocycles. The standard InChI is InChI=1S/C12H17ClO2/c1-7(2)10-6-12(15)9(4-8(3)14)5-11(10)13/h5-8,14-15H,4H2,1-3H3. The lowest BCUT2D eigenvalue weighted by molar-refractivity contribution is 0.194. The number of aliphatic hydroxyl groups is 1. The molecule has 1 atom stereocenters. The van der Waals surface area contributed by atoms with Crippen molar-refractivity contribution in [3.8, 4) is 5.75 Å². The molecule has 3 heteroatoms. The summed E-state index contributed by atoms with van der Waals surface area (Å²) in [4.78, 5) is 0. The fourth-order valence-corrected chi connectivity index (χ4v) is 1.95. The molecule has 15 heavy (non-hydrogen) atoms. The van der Waals surface area contributed by atoms with Gasteiger partial charge in [0, 0.05) is 11.4 Å². The number of aliphatic hydroxyl groups excluding tert-OH is 1. The Labute approximate surface area is 95.5 Å². The number of halogens is 1. The highest BCUT2D eigenvalue weighted by molar-refractivity contribution is 6.31. The third-order valence-electron chi connectivity index (χ3n) is 2.34. The molecule has 1 rings (SSSR count). The largest absolute Gasteiger partial charge is 0.508 e. The fraction of sp³-hybridized carbons (Fsp3) is 0.500. The maximum absolute atomic E-state index is 9.74. The molecule has 0 aliphatic heterocycles. The van der Waals surface area contributed by atoms with Crippen LogP contribution in [-0.2, 0) is 6.42 Å². The van der Waals surface area contributed by atoms with E-state index in [4.69, 9.17) is 11.6 Å². The van der Waals surface area contributed by atoms with Gasteiger partial charge in [-0.05, 0) is 36.1 Å². The molecule has 0 heterocycles. The zero-order chi connectivity index (χ0) is 11.6. The van der Waals surface area contributed by atoms with Gasteiger partial charge >= 0.3 is 0 Å². The molecule has 0 bridgehead atoms. The molecule has 0 radical (unpaired) electrons. The lowest BCUT2D eigenvalue weighted by Crippen LogP contribution is -2.05. The number of rotatable bonds is 3. The number of phenolic OH excluding ortho intramolecular Hbond substituents is 1. The Morgan fingerprint density at radius 3 is 2.33 bits per heavy atom. The molecule has 0 saturated carbocycles. The van der Waals surface area contributed by atoms with E-state index in [2.05, 4.69) is 0 Å². The average molecular weight is 229 g/mol. The summed E-state index contributed by atoms with van der Waals surface area (Å²) in [5.74, 6) is 0.494. The summed E-state index contributed by atoms with van der Waals surface area (Å²) in [7, 11) is 0. The van der Waals surface area contributed by atoms with E-state index in [-0.39, 0.29) is 11.7 Å². The van der Waals surface area contributed by atoms with Crippen LogP contribution < -0.4 is 0 Å². The second-order valence-corrected chi connectivity index (χ2v) is 4.62. The first-order valence-corrected chi connectivity index (χ1v) is 5.49. The summed E-state index contributed by atoms with van der Waals surface area (Å²) in [6.45, 7) is 5.73. The second-order valence-electron chi connectivity index (χ2n) is 4.21. The summed E-state index contributed by atoms with van der Waals surface area (Å²) >= 11 is 6.09. The van der Waals surface area contributed by atoms with E-state index in [1.165, 1.54) is 0 Å². The highest BCUT2D eigenvalue weighted by atomic mass is 35.5. The minimum atomic E-state index is -0.475. The van der Waals surface area contributed by atoms with Gasteiger partial charge in [-0.1, -0.05) is 25.4 Å². The van der Waals surface area contributed by atoms with Crippen molar-refractivity contribution >= 4 is 11.6 Å². The quantitative estimate of drug-likeness (QED) is 0.835. The van der Waals surface area contributed by atoms with Gasteiger partial charge in [0.05, 0.1) is 6.10 Å². The fourth-order valence-electron chi connectivity index (χ4n) is 1.54. The van der Waals surface area contributed by atoms with Crippen LogP contribution in [0.2, 0.25) is 5.02 Å². The van der Waals surface area contributed by atoms with Crippen LogP contribution in [0.15, 0.2) is 12.1 Å². The summed E-state index contributed by atoms with van der Waals surface area (Å²) in [5, 5.41) is 19.6. The number of aromatic hydroxyl groups is 1. The van der Waals surface area contributed by atoms with Crippen LogP contribution in [0.3, 0.4) is 0 Å². The van der Waals surface area contributed by atoms with Crippen molar-refractivity contribution in [3.63, 3.8) is 0 Å². The summed E-state index contributed by atoms with van der Waals surface area (Å²) in [6, 6.07) is 3.42. The molecule has 0 fully saturated rings. The summed E-state index contributed by atoms with van der Waals surface area (Å²) < 4.78 is 0. The monoisotopic (exact) mass is 228 g/mol. The molecule has 0 amide bonds. The van der Waals surface area contributed by atoms with Gasteiger partial charge in [-0.3, -0.25) is 0 Å². The van der Waals surface area contributed by atoms with Crippen molar-refractivity contribution in [2.75, 3.05) is 0 Å². The SMILES string of the molecule is CC(O)Cc1cc(Cl)c(C(C)C)cc1O. The van der Waals surface area contributed by atoms with E-state index in [1.807, 2.05) is 13.8 Å². The van der Waals surface area contributed by atoms with Crippen molar-refractivity contribution in [3.05, 3.63) is 28.3 Å². The predicted octanol–water partition coefficient (Wildman–Crippen LogP) is 3.09. The highest BCUT2D eigenvalue weighted by Crippen LogP contribution is 2.31. The van der Waals surface area contributed by atoms with E-state index in [0.717, 1.165) is 5.56 Å². The first-order chi connectivity index (χ1) is 6.91. The van der Waals surface area contributed by atoms with Gasteiger partial charge in [0.2, 0.25) is 0 Å². The zero-order valence-electron chi connectivity index (χ0n) is 9.29. The zero-order valence-corrected chi connectivity index (χ0v) is 10.0. The lowest BCUT2D eigenvalue weighted by Gasteiger charge is -2.13. The highest BCUT2D eigenvalue weighted by Gasteiger charge is 2.11. The van der Waals surface area contributed by atoms with Gasteiger partial charge in [-0.25, -0.2) is 0 Å². The minimum absolute atomic E-state index is 0.212. The van der Waals surface area contributed by atoms with Crippen LogP contribution in [0.5, 0.6) is 5.75 Å². The van der Waals surface area contributed by atoms with Crippen molar-refractivity contribution < 1.29 is 10.2 Å².